The highest BCUT2D eigenvalue weighted by molar-refractivity contribution is 5.65. The van der Waals surface area contributed by atoms with Crippen molar-refractivity contribution in [3.05, 3.63) is 114 Å². The van der Waals surface area contributed by atoms with Crippen molar-refractivity contribution in [2.75, 3.05) is 13.1 Å². The molecule has 3 aromatic carbocycles. The smallest absolute Gasteiger partial charge is 0.407 e. The third-order valence-electron chi connectivity index (χ3n) is 6.81. The standard InChI is InChI=1S/C32H36F2N4O3/c1-32(2,3)29(35-17-25(39)20-38(31(40)41)19-23-12-8-5-9-13-23)30-36-28(26-16-24(33)14-15-27(26)34)21-37(30)18-22-10-6-4-7-11-22/h4-16,21,25,29,35,39H,17-20H2,1-3H3,(H,40,41)/t25?,29-/m0/s1. The van der Waals surface area contributed by atoms with E-state index < -0.39 is 35.3 Å². The molecular formula is C32H36F2N4O3. The Hall–Kier alpha value is -4.08. The maximum Gasteiger partial charge on any atom is 0.407 e. The molecule has 4 aromatic rings. The van der Waals surface area contributed by atoms with Crippen LogP contribution in [0.1, 0.15) is 43.8 Å². The van der Waals surface area contributed by atoms with Gasteiger partial charge in [0.1, 0.15) is 17.5 Å². The Morgan fingerprint density at radius 1 is 1.00 bits per heavy atom. The molecule has 41 heavy (non-hydrogen) atoms. The van der Waals surface area contributed by atoms with Gasteiger partial charge in [0, 0.05) is 31.4 Å². The van der Waals surface area contributed by atoms with Gasteiger partial charge in [0.05, 0.1) is 24.4 Å². The third kappa shape index (κ3) is 7.99. The number of nitrogens with one attached hydrogen (secondary N) is 1. The summed E-state index contributed by atoms with van der Waals surface area (Å²) >= 11 is 0. The summed E-state index contributed by atoms with van der Waals surface area (Å²) in [5.41, 5.74) is 1.77. The maximum atomic E-state index is 14.7. The van der Waals surface area contributed by atoms with Crippen molar-refractivity contribution in [3.8, 4) is 11.3 Å². The molecule has 0 bridgehead atoms. The molecule has 3 N–H and O–H groups in total. The van der Waals surface area contributed by atoms with Crippen LogP contribution >= 0.6 is 0 Å². The molecule has 7 nitrogen and oxygen atoms in total. The average molecular weight is 563 g/mol. The number of aromatic nitrogens is 2. The molecule has 1 heterocycles. The minimum absolute atomic E-state index is 0.0590. The van der Waals surface area contributed by atoms with Crippen LogP contribution in [0, 0.1) is 17.0 Å². The fourth-order valence-electron chi connectivity index (χ4n) is 4.76. The first-order chi connectivity index (χ1) is 19.5. The van der Waals surface area contributed by atoms with Gasteiger partial charge in [-0.2, -0.15) is 0 Å². The zero-order valence-corrected chi connectivity index (χ0v) is 23.5. The monoisotopic (exact) mass is 562 g/mol. The van der Waals surface area contributed by atoms with Gasteiger partial charge in [-0.1, -0.05) is 81.4 Å². The molecule has 1 amide bonds. The van der Waals surface area contributed by atoms with Gasteiger partial charge >= 0.3 is 6.09 Å². The van der Waals surface area contributed by atoms with E-state index in [1.165, 1.54) is 4.90 Å². The highest BCUT2D eigenvalue weighted by Crippen LogP contribution is 2.35. The molecule has 0 saturated carbocycles. The summed E-state index contributed by atoms with van der Waals surface area (Å²) in [4.78, 5) is 17.8. The zero-order chi connectivity index (χ0) is 29.6. The van der Waals surface area contributed by atoms with Gasteiger partial charge in [0.15, 0.2) is 0 Å². The van der Waals surface area contributed by atoms with E-state index in [-0.39, 0.29) is 25.2 Å². The molecule has 0 spiro atoms. The Morgan fingerprint density at radius 3 is 2.24 bits per heavy atom. The number of aliphatic hydroxyl groups excluding tert-OH is 1. The molecule has 0 fully saturated rings. The van der Waals surface area contributed by atoms with Crippen LogP contribution in [0.2, 0.25) is 0 Å². The molecule has 9 heteroatoms. The molecule has 0 aliphatic heterocycles. The zero-order valence-electron chi connectivity index (χ0n) is 23.5. The number of hydrogen-bond acceptors (Lipinski definition) is 4. The van der Waals surface area contributed by atoms with Crippen LogP contribution in [0.3, 0.4) is 0 Å². The summed E-state index contributed by atoms with van der Waals surface area (Å²) < 4.78 is 30.7. The number of rotatable bonds is 11. The lowest BCUT2D eigenvalue weighted by Gasteiger charge is -2.33. The molecule has 4 rings (SSSR count). The average Bonchev–Trinajstić information content (AvgIpc) is 3.32. The minimum atomic E-state index is -1.12. The molecule has 0 aliphatic carbocycles. The van der Waals surface area contributed by atoms with Crippen molar-refractivity contribution < 1.29 is 23.8 Å². The van der Waals surface area contributed by atoms with E-state index in [4.69, 9.17) is 4.98 Å². The van der Waals surface area contributed by atoms with Gasteiger partial charge in [0.2, 0.25) is 0 Å². The van der Waals surface area contributed by atoms with Crippen molar-refractivity contribution in [1.29, 1.82) is 0 Å². The van der Waals surface area contributed by atoms with E-state index >= 15 is 0 Å². The van der Waals surface area contributed by atoms with Crippen LogP contribution in [0.4, 0.5) is 13.6 Å². The van der Waals surface area contributed by atoms with Crippen molar-refractivity contribution in [2.45, 2.75) is 46.0 Å². The van der Waals surface area contributed by atoms with Crippen LogP contribution in [0.5, 0.6) is 0 Å². The predicted octanol–water partition coefficient (Wildman–Crippen LogP) is 6.09. The van der Waals surface area contributed by atoms with Gasteiger partial charge in [-0.05, 0) is 34.7 Å². The van der Waals surface area contributed by atoms with Crippen molar-refractivity contribution >= 4 is 6.09 Å². The SMILES string of the molecule is CC(C)(C)[C@@H](NCC(O)CN(Cc1ccccc1)C(=O)O)c1nc(-c2cc(F)ccc2F)cn1Cc1ccccc1. The first-order valence-electron chi connectivity index (χ1n) is 13.5. The summed E-state index contributed by atoms with van der Waals surface area (Å²) in [6.07, 6.45) is -0.416. The molecular weight excluding hydrogens is 526 g/mol. The minimum Gasteiger partial charge on any atom is -0.465 e. The van der Waals surface area contributed by atoms with Gasteiger partial charge in [-0.25, -0.2) is 18.6 Å². The van der Waals surface area contributed by atoms with Crippen LogP contribution < -0.4 is 5.32 Å². The highest BCUT2D eigenvalue weighted by Gasteiger charge is 2.32. The normalized spacial score (nSPS) is 13.1. The second kappa shape index (κ2) is 13.1. The lowest BCUT2D eigenvalue weighted by atomic mass is 9.86. The van der Waals surface area contributed by atoms with E-state index in [1.807, 2.05) is 86.0 Å². The van der Waals surface area contributed by atoms with Crippen molar-refractivity contribution in [3.63, 3.8) is 0 Å². The van der Waals surface area contributed by atoms with Crippen LogP contribution in [0.15, 0.2) is 85.1 Å². The van der Waals surface area contributed by atoms with E-state index in [0.717, 1.165) is 29.3 Å². The maximum absolute atomic E-state index is 14.7. The number of aliphatic hydroxyl groups is 1. The number of imidazole rings is 1. The quantitative estimate of drug-likeness (QED) is 0.206. The number of carbonyl (C=O) groups is 1. The fraction of sp³-hybridized carbons (Fsp3) is 0.312. The summed E-state index contributed by atoms with van der Waals surface area (Å²) in [7, 11) is 0. The van der Waals surface area contributed by atoms with Crippen LogP contribution in [-0.4, -0.2) is 50.0 Å². The molecule has 216 valence electrons. The molecule has 1 aromatic heterocycles. The van der Waals surface area contributed by atoms with Crippen LogP contribution in [0.25, 0.3) is 11.3 Å². The van der Waals surface area contributed by atoms with Gasteiger partial charge in [-0.3, -0.25) is 0 Å². The lowest BCUT2D eigenvalue weighted by Crippen LogP contribution is -2.44. The largest absolute Gasteiger partial charge is 0.465 e. The Labute approximate surface area is 239 Å². The summed E-state index contributed by atoms with van der Waals surface area (Å²) in [5, 5.41) is 24.0. The number of halogens is 2. The van der Waals surface area contributed by atoms with E-state index in [9.17, 15) is 23.8 Å². The second-order valence-corrected chi connectivity index (χ2v) is 11.2. The molecule has 2 atom stereocenters. The Balaban J connectivity index is 1.60. The van der Waals surface area contributed by atoms with Gasteiger partial charge in [0.25, 0.3) is 0 Å². The lowest BCUT2D eigenvalue weighted by molar-refractivity contribution is 0.0871. The number of amides is 1. The van der Waals surface area contributed by atoms with Gasteiger partial charge in [-0.15, -0.1) is 0 Å². The van der Waals surface area contributed by atoms with Gasteiger partial charge < -0.3 is 25.0 Å². The number of hydrogen-bond donors (Lipinski definition) is 3. The molecule has 0 aliphatic rings. The number of benzene rings is 3. The summed E-state index contributed by atoms with van der Waals surface area (Å²) in [6, 6.07) is 21.8. The number of carboxylic acid groups (broad SMARTS) is 1. The van der Waals surface area contributed by atoms with Crippen molar-refractivity contribution in [2.24, 2.45) is 5.41 Å². The Morgan fingerprint density at radius 2 is 1.63 bits per heavy atom. The van der Waals surface area contributed by atoms with Crippen LogP contribution in [-0.2, 0) is 13.1 Å². The molecule has 0 radical (unpaired) electrons. The Bertz CT molecular complexity index is 1440. The third-order valence-corrected chi connectivity index (χ3v) is 6.81. The van der Waals surface area contributed by atoms with E-state index in [2.05, 4.69) is 5.32 Å². The summed E-state index contributed by atoms with van der Waals surface area (Å²) in [6.45, 7) is 6.63. The van der Waals surface area contributed by atoms with Crippen molar-refractivity contribution in [1.82, 2.24) is 19.8 Å². The van der Waals surface area contributed by atoms with E-state index in [0.29, 0.717) is 18.1 Å². The molecule has 0 saturated heterocycles. The highest BCUT2D eigenvalue weighted by atomic mass is 19.1. The fourth-order valence-corrected chi connectivity index (χ4v) is 4.76. The second-order valence-electron chi connectivity index (χ2n) is 11.2. The molecule has 1 unspecified atom stereocenters. The predicted molar refractivity (Wildman–Crippen MR) is 154 cm³/mol. The number of nitrogens with zero attached hydrogens (tertiary/aromatic N) is 3. The Kier molecular flexibility index (Phi) is 9.52. The first kappa shape index (κ1) is 29.9. The summed E-state index contributed by atoms with van der Waals surface area (Å²) in [5.74, 6) is -0.551. The topological polar surface area (TPSA) is 90.6 Å². The van der Waals surface area contributed by atoms with E-state index in [1.54, 1.807) is 6.20 Å². The first-order valence-corrected chi connectivity index (χ1v) is 13.5.